The van der Waals surface area contributed by atoms with Crippen molar-refractivity contribution < 1.29 is 9.15 Å². The van der Waals surface area contributed by atoms with E-state index in [9.17, 15) is 0 Å². The Hall–Kier alpha value is -2.49. The molecule has 3 aromatic rings. The first kappa shape index (κ1) is 11.6. The standard InChI is InChI=1S/C15H14N2O2/c1-17-12(8-9-16-17)11-19-15-6-3-2-5-13(15)14-7-4-10-18-14/h2-10H,11H2,1H3. The van der Waals surface area contributed by atoms with Crippen molar-refractivity contribution >= 4 is 0 Å². The normalized spacial score (nSPS) is 10.6. The van der Waals surface area contributed by atoms with E-state index in [0.717, 1.165) is 22.8 Å². The molecule has 0 N–H and O–H groups in total. The molecule has 0 saturated heterocycles. The molecule has 0 unspecified atom stereocenters. The van der Waals surface area contributed by atoms with E-state index in [2.05, 4.69) is 5.10 Å². The van der Waals surface area contributed by atoms with Crippen molar-refractivity contribution in [1.29, 1.82) is 0 Å². The van der Waals surface area contributed by atoms with E-state index in [0.29, 0.717) is 6.61 Å². The Labute approximate surface area is 111 Å². The molecule has 0 bridgehead atoms. The van der Waals surface area contributed by atoms with Gasteiger partial charge < -0.3 is 9.15 Å². The molecule has 0 amide bonds. The molecular weight excluding hydrogens is 240 g/mol. The third kappa shape index (κ3) is 2.38. The van der Waals surface area contributed by atoms with Crippen LogP contribution in [-0.4, -0.2) is 9.78 Å². The molecule has 0 atom stereocenters. The van der Waals surface area contributed by atoms with Crippen molar-refractivity contribution in [3.63, 3.8) is 0 Å². The number of rotatable bonds is 4. The van der Waals surface area contributed by atoms with Crippen LogP contribution in [0.2, 0.25) is 0 Å². The molecule has 4 nitrogen and oxygen atoms in total. The number of nitrogens with zero attached hydrogens (tertiary/aromatic N) is 2. The summed E-state index contributed by atoms with van der Waals surface area (Å²) in [5.41, 5.74) is 1.98. The first-order valence-corrected chi connectivity index (χ1v) is 6.07. The SMILES string of the molecule is Cn1nccc1COc1ccccc1-c1ccco1. The van der Waals surface area contributed by atoms with Gasteiger partial charge in [-0.1, -0.05) is 12.1 Å². The van der Waals surface area contributed by atoms with E-state index < -0.39 is 0 Å². The predicted molar refractivity (Wildman–Crippen MR) is 71.7 cm³/mol. The van der Waals surface area contributed by atoms with Gasteiger partial charge in [0.2, 0.25) is 0 Å². The van der Waals surface area contributed by atoms with Crippen molar-refractivity contribution in [2.24, 2.45) is 7.05 Å². The molecule has 2 heterocycles. The van der Waals surface area contributed by atoms with Crippen molar-refractivity contribution in [3.05, 3.63) is 60.6 Å². The molecular formula is C15H14N2O2. The zero-order chi connectivity index (χ0) is 13.1. The molecule has 0 saturated carbocycles. The van der Waals surface area contributed by atoms with Gasteiger partial charge in [-0.3, -0.25) is 4.68 Å². The predicted octanol–water partition coefficient (Wildman–Crippen LogP) is 3.26. The fourth-order valence-corrected chi connectivity index (χ4v) is 1.92. The Bertz CT molecular complexity index is 656. The summed E-state index contributed by atoms with van der Waals surface area (Å²) >= 11 is 0. The van der Waals surface area contributed by atoms with Gasteiger partial charge in [-0.25, -0.2) is 0 Å². The maximum atomic E-state index is 5.87. The molecule has 2 aromatic heterocycles. The highest BCUT2D eigenvalue weighted by Gasteiger charge is 2.08. The molecule has 0 radical (unpaired) electrons. The lowest BCUT2D eigenvalue weighted by Crippen LogP contribution is -2.03. The van der Waals surface area contributed by atoms with Crippen molar-refractivity contribution in [2.75, 3.05) is 0 Å². The van der Waals surface area contributed by atoms with Crippen LogP contribution in [0.1, 0.15) is 5.69 Å². The summed E-state index contributed by atoms with van der Waals surface area (Å²) in [6.07, 6.45) is 3.42. The molecule has 0 spiro atoms. The minimum absolute atomic E-state index is 0.480. The van der Waals surface area contributed by atoms with E-state index in [-0.39, 0.29) is 0 Å². The minimum atomic E-state index is 0.480. The number of benzene rings is 1. The lowest BCUT2D eigenvalue weighted by molar-refractivity contribution is 0.295. The summed E-state index contributed by atoms with van der Waals surface area (Å²) in [5, 5.41) is 4.12. The van der Waals surface area contributed by atoms with Gasteiger partial charge in [0.05, 0.1) is 17.5 Å². The van der Waals surface area contributed by atoms with E-state index in [4.69, 9.17) is 9.15 Å². The van der Waals surface area contributed by atoms with Crippen LogP contribution in [0.4, 0.5) is 0 Å². The Balaban J connectivity index is 1.84. The topological polar surface area (TPSA) is 40.2 Å². The number of para-hydroxylation sites is 1. The van der Waals surface area contributed by atoms with Crippen LogP contribution in [0.15, 0.2) is 59.3 Å². The zero-order valence-corrected chi connectivity index (χ0v) is 10.6. The second-order valence-electron chi connectivity index (χ2n) is 4.21. The van der Waals surface area contributed by atoms with Crippen LogP contribution >= 0.6 is 0 Å². The number of ether oxygens (including phenoxy) is 1. The van der Waals surface area contributed by atoms with Gasteiger partial charge in [-0.15, -0.1) is 0 Å². The van der Waals surface area contributed by atoms with Crippen molar-refractivity contribution in [2.45, 2.75) is 6.61 Å². The number of aryl methyl sites for hydroxylation is 1. The zero-order valence-electron chi connectivity index (χ0n) is 10.6. The van der Waals surface area contributed by atoms with Gasteiger partial charge in [-0.2, -0.15) is 5.10 Å². The van der Waals surface area contributed by atoms with Crippen molar-refractivity contribution in [3.8, 4) is 17.1 Å². The summed E-state index contributed by atoms with van der Waals surface area (Å²) < 4.78 is 13.1. The molecule has 0 aliphatic rings. The van der Waals surface area contributed by atoms with Gasteiger partial charge >= 0.3 is 0 Å². The fourth-order valence-electron chi connectivity index (χ4n) is 1.92. The average molecular weight is 254 g/mol. The lowest BCUT2D eigenvalue weighted by atomic mass is 10.1. The maximum absolute atomic E-state index is 5.87. The maximum Gasteiger partial charge on any atom is 0.137 e. The smallest absolute Gasteiger partial charge is 0.137 e. The van der Waals surface area contributed by atoms with Crippen LogP contribution in [0.5, 0.6) is 5.75 Å². The number of furan rings is 1. The number of hydrogen-bond acceptors (Lipinski definition) is 3. The Morgan fingerprint density at radius 3 is 2.79 bits per heavy atom. The third-order valence-electron chi connectivity index (χ3n) is 2.97. The molecule has 0 fully saturated rings. The molecule has 1 aromatic carbocycles. The molecule has 96 valence electrons. The van der Waals surface area contributed by atoms with Gasteiger partial charge in [0, 0.05) is 13.2 Å². The van der Waals surface area contributed by atoms with Crippen LogP contribution < -0.4 is 4.74 Å². The molecule has 3 rings (SSSR count). The van der Waals surface area contributed by atoms with Gasteiger partial charge in [0.15, 0.2) is 0 Å². The summed E-state index contributed by atoms with van der Waals surface area (Å²) in [6.45, 7) is 0.480. The lowest BCUT2D eigenvalue weighted by Gasteiger charge is -2.10. The van der Waals surface area contributed by atoms with E-state index in [1.54, 1.807) is 17.1 Å². The molecule has 0 aliphatic heterocycles. The monoisotopic (exact) mass is 254 g/mol. The molecule has 19 heavy (non-hydrogen) atoms. The Morgan fingerprint density at radius 2 is 2.05 bits per heavy atom. The second-order valence-corrected chi connectivity index (χ2v) is 4.21. The highest BCUT2D eigenvalue weighted by Crippen LogP contribution is 2.30. The van der Waals surface area contributed by atoms with Crippen LogP contribution in [0.3, 0.4) is 0 Å². The number of aromatic nitrogens is 2. The first-order chi connectivity index (χ1) is 9.34. The number of hydrogen-bond donors (Lipinski definition) is 0. The van der Waals surface area contributed by atoms with E-state index in [1.807, 2.05) is 49.5 Å². The van der Waals surface area contributed by atoms with E-state index >= 15 is 0 Å². The minimum Gasteiger partial charge on any atom is -0.487 e. The summed E-state index contributed by atoms with van der Waals surface area (Å²) in [6, 6.07) is 13.6. The van der Waals surface area contributed by atoms with Crippen molar-refractivity contribution in [1.82, 2.24) is 9.78 Å². The third-order valence-corrected chi connectivity index (χ3v) is 2.97. The highest BCUT2D eigenvalue weighted by molar-refractivity contribution is 5.65. The quantitative estimate of drug-likeness (QED) is 0.717. The van der Waals surface area contributed by atoms with Gasteiger partial charge in [0.1, 0.15) is 18.1 Å². The average Bonchev–Trinajstić information content (AvgIpc) is 3.08. The Morgan fingerprint density at radius 1 is 1.16 bits per heavy atom. The largest absolute Gasteiger partial charge is 0.487 e. The summed E-state index contributed by atoms with van der Waals surface area (Å²) in [5.74, 6) is 1.61. The first-order valence-electron chi connectivity index (χ1n) is 6.07. The van der Waals surface area contributed by atoms with Crippen LogP contribution in [0.25, 0.3) is 11.3 Å². The summed E-state index contributed by atoms with van der Waals surface area (Å²) in [4.78, 5) is 0. The van der Waals surface area contributed by atoms with Crippen LogP contribution in [0, 0.1) is 0 Å². The van der Waals surface area contributed by atoms with Gasteiger partial charge in [-0.05, 0) is 30.3 Å². The Kier molecular flexibility index (Phi) is 3.06. The van der Waals surface area contributed by atoms with E-state index in [1.165, 1.54) is 0 Å². The molecule has 0 aliphatic carbocycles. The fraction of sp³-hybridized carbons (Fsp3) is 0.133. The molecule has 4 heteroatoms. The highest BCUT2D eigenvalue weighted by atomic mass is 16.5. The summed E-state index contributed by atoms with van der Waals surface area (Å²) in [7, 11) is 1.90. The van der Waals surface area contributed by atoms with Gasteiger partial charge in [0.25, 0.3) is 0 Å². The second kappa shape index (κ2) is 5.02. The van der Waals surface area contributed by atoms with Crippen LogP contribution in [-0.2, 0) is 13.7 Å².